The third-order valence-corrected chi connectivity index (χ3v) is 6.44. The number of hydrogen-bond donors (Lipinski definition) is 1. The summed E-state index contributed by atoms with van der Waals surface area (Å²) in [5.41, 5.74) is 4.28. The van der Waals surface area contributed by atoms with Crippen LogP contribution in [0.3, 0.4) is 0 Å². The molecule has 32 heavy (non-hydrogen) atoms. The van der Waals surface area contributed by atoms with E-state index < -0.39 is 0 Å². The molecule has 6 nitrogen and oxygen atoms in total. The van der Waals surface area contributed by atoms with Gasteiger partial charge in [-0.3, -0.25) is 14.5 Å². The average molecular weight is 435 g/mol. The predicted molar refractivity (Wildman–Crippen MR) is 129 cm³/mol. The fraction of sp³-hybridized carbons (Fsp3) is 0.462. The van der Waals surface area contributed by atoms with Gasteiger partial charge in [-0.1, -0.05) is 30.3 Å². The molecule has 0 atom stereocenters. The molecule has 170 valence electrons. The monoisotopic (exact) mass is 434 g/mol. The molecular weight excluding hydrogens is 400 g/mol. The molecule has 0 radical (unpaired) electrons. The van der Waals surface area contributed by atoms with Gasteiger partial charge < -0.3 is 15.1 Å². The van der Waals surface area contributed by atoms with Gasteiger partial charge in [0.05, 0.1) is 6.54 Å². The van der Waals surface area contributed by atoms with E-state index >= 15 is 0 Å². The van der Waals surface area contributed by atoms with E-state index in [4.69, 9.17) is 0 Å². The van der Waals surface area contributed by atoms with Gasteiger partial charge in [-0.25, -0.2) is 0 Å². The number of amides is 2. The number of nitrogens with one attached hydrogen (secondary N) is 1. The first kappa shape index (κ1) is 22.3. The Morgan fingerprint density at radius 3 is 2.41 bits per heavy atom. The number of carbonyl (C=O) groups excluding carboxylic acids is 2. The normalized spacial score (nSPS) is 16.3. The number of carbonyl (C=O) groups is 2. The van der Waals surface area contributed by atoms with Crippen LogP contribution < -0.4 is 10.2 Å². The van der Waals surface area contributed by atoms with Crippen molar-refractivity contribution >= 4 is 23.2 Å². The smallest absolute Gasteiger partial charge is 0.238 e. The summed E-state index contributed by atoms with van der Waals surface area (Å²) in [6, 6.07) is 16.9. The standard InChI is InChI=1S/C26H34N4O2/c1-20-8-9-21(2)24(18-20)27-25(31)19-30(23-10-11-23)13-12-26(32)29-16-14-28(15-17-29)22-6-4-3-5-7-22/h3-9,18,23H,10-17,19H2,1-2H3,(H,27,31). The summed E-state index contributed by atoms with van der Waals surface area (Å²) >= 11 is 0. The van der Waals surface area contributed by atoms with Gasteiger partial charge in [-0.2, -0.15) is 0 Å². The first-order chi connectivity index (χ1) is 15.5. The van der Waals surface area contributed by atoms with E-state index in [1.165, 1.54) is 5.69 Å². The largest absolute Gasteiger partial charge is 0.368 e. The van der Waals surface area contributed by atoms with E-state index in [-0.39, 0.29) is 11.8 Å². The molecule has 6 heteroatoms. The Labute approximate surface area is 191 Å². The average Bonchev–Trinajstić information content (AvgIpc) is 3.65. The van der Waals surface area contributed by atoms with Crippen LogP contribution in [0.25, 0.3) is 0 Å². The van der Waals surface area contributed by atoms with E-state index in [9.17, 15) is 9.59 Å². The summed E-state index contributed by atoms with van der Waals surface area (Å²) in [6.45, 7) is 8.24. The second-order valence-corrected chi connectivity index (χ2v) is 9.02. The van der Waals surface area contributed by atoms with Crippen LogP contribution in [0.4, 0.5) is 11.4 Å². The van der Waals surface area contributed by atoms with Gasteiger partial charge in [-0.05, 0) is 56.0 Å². The number of nitrogens with zero attached hydrogens (tertiary/aromatic N) is 3. The van der Waals surface area contributed by atoms with Crippen molar-refractivity contribution < 1.29 is 9.59 Å². The van der Waals surface area contributed by atoms with Gasteiger partial charge in [0.25, 0.3) is 0 Å². The molecule has 0 spiro atoms. The van der Waals surface area contributed by atoms with E-state index in [0.29, 0.717) is 25.6 Å². The zero-order chi connectivity index (χ0) is 22.5. The van der Waals surface area contributed by atoms with E-state index in [2.05, 4.69) is 39.4 Å². The summed E-state index contributed by atoms with van der Waals surface area (Å²) in [7, 11) is 0. The lowest BCUT2D eigenvalue weighted by Gasteiger charge is -2.36. The summed E-state index contributed by atoms with van der Waals surface area (Å²) in [4.78, 5) is 32.0. The van der Waals surface area contributed by atoms with Crippen molar-refractivity contribution in [1.82, 2.24) is 9.80 Å². The fourth-order valence-corrected chi connectivity index (χ4v) is 4.33. The Morgan fingerprint density at radius 2 is 1.72 bits per heavy atom. The topological polar surface area (TPSA) is 55.9 Å². The molecule has 4 rings (SSSR count). The highest BCUT2D eigenvalue weighted by Gasteiger charge is 2.31. The van der Waals surface area contributed by atoms with Crippen molar-refractivity contribution in [2.45, 2.75) is 39.2 Å². The molecule has 1 heterocycles. The van der Waals surface area contributed by atoms with Crippen molar-refractivity contribution in [1.29, 1.82) is 0 Å². The number of rotatable bonds is 8. The van der Waals surface area contributed by atoms with E-state index in [0.717, 1.165) is 55.8 Å². The molecule has 2 fully saturated rings. The molecule has 0 aromatic heterocycles. The molecule has 1 N–H and O–H groups in total. The zero-order valence-corrected chi connectivity index (χ0v) is 19.2. The number of benzene rings is 2. The summed E-state index contributed by atoms with van der Waals surface area (Å²) < 4.78 is 0. The number of hydrogen-bond acceptors (Lipinski definition) is 4. The van der Waals surface area contributed by atoms with E-state index in [1.54, 1.807) is 0 Å². The second-order valence-electron chi connectivity index (χ2n) is 9.02. The van der Waals surface area contributed by atoms with Gasteiger partial charge >= 0.3 is 0 Å². The fourth-order valence-electron chi connectivity index (χ4n) is 4.33. The minimum absolute atomic E-state index is 0.00507. The van der Waals surface area contributed by atoms with Crippen molar-refractivity contribution in [3.63, 3.8) is 0 Å². The Balaban J connectivity index is 1.25. The first-order valence-corrected chi connectivity index (χ1v) is 11.7. The van der Waals surface area contributed by atoms with Crippen molar-refractivity contribution in [3.05, 3.63) is 59.7 Å². The zero-order valence-electron chi connectivity index (χ0n) is 19.2. The van der Waals surface area contributed by atoms with Crippen LogP contribution in [0.5, 0.6) is 0 Å². The Bertz CT molecular complexity index is 934. The van der Waals surface area contributed by atoms with Crippen LogP contribution in [0.1, 0.15) is 30.4 Å². The Morgan fingerprint density at radius 1 is 1.00 bits per heavy atom. The van der Waals surface area contributed by atoms with E-state index in [1.807, 2.05) is 43.0 Å². The quantitative estimate of drug-likeness (QED) is 0.692. The molecule has 1 saturated heterocycles. The maximum Gasteiger partial charge on any atom is 0.238 e. The number of aryl methyl sites for hydroxylation is 2. The highest BCUT2D eigenvalue weighted by Crippen LogP contribution is 2.27. The maximum absolute atomic E-state index is 12.8. The molecule has 1 saturated carbocycles. The number of para-hydroxylation sites is 1. The number of piperazine rings is 1. The maximum atomic E-state index is 12.8. The molecule has 1 aliphatic heterocycles. The molecule has 2 aliphatic rings. The van der Waals surface area contributed by atoms with Gasteiger partial charge in [0.15, 0.2) is 0 Å². The minimum atomic E-state index is -0.00507. The van der Waals surface area contributed by atoms with Gasteiger partial charge in [0.2, 0.25) is 11.8 Å². The molecular formula is C26H34N4O2. The minimum Gasteiger partial charge on any atom is -0.368 e. The van der Waals surface area contributed by atoms with Gasteiger partial charge in [-0.15, -0.1) is 0 Å². The highest BCUT2D eigenvalue weighted by molar-refractivity contribution is 5.93. The van der Waals surface area contributed by atoms with Gasteiger partial charge in [0, 0.05) is 56.6 Å². The lowest BCUT2D eigenvalue weighted by atomic mass is 10.1. The van der Waals surface area contributed by atoms with Crippen LogP contribution in [-0.4, -0.2) is 66.9 Å². The second kappa shape index (κ2) is 10.2. The molecule has 1 aliphatic carbocycles. The Hall–Kier alpha value is -2.86. The van der Waals surface area contributed by atoms with Gasteiger partial charge in [0.1, 0.15) is 0 Å². The SMILES string of the molecule is Cc1ccc(C)c(NC(=O)CN(CCC(=O)N2CCN(c3ccccc3)CC2)C2CC2)c1. The van der Waals surface area contributed by atoms with Crippen LogP contribution in [-0.2, 0) is 9.59 Å². The van der Waals surface area contributed by atoms with Crippen molar-refractivity contribution in [2.24, 2.45) is 0 Å². The third-order valence-electron chi connectivity index (χ3n) is 6.44. The van der Waals surface area contributed by atoms with Crippen LogP contribution in [0.2, 0.25) is 0 Å². The summed E-state index contributed by atoms with van der Waals surface area (Å²) in [5.74, 6) is 0.188. The number of anilines is 2. The van der Waals surface area contributed by atoms with Crippen molar-refractivity contribution in [2.75, 3.05) is 49.5 Å². The molecule has 2 amide bonds. The lowest BCUT2D eigenvalue weighted by Crippen LogP contribution is -2.49. The predicted octanol–water partition coefficient (Wildman–Crippen LogP) is 3.45. The first-order valence-electron chi connectivity index (χ1n) is 11.7. The molecule has 0 bridgehead atoms. The van der Waals surface area contributed by atoms with Crippen LogP contribution >= 0.6 is 0 Å². The summed E-state index contributed by atoms with van der Waals surface area (Å²) in [5, 5.41) is 3.05. The van der Waals surface area contributed by atoms with Crippen LogP contribution in [0.15, 0.2) is 48.5 Å². The summed E-state index contributed by atoms with van der Waals surface area (Å²) in [6.07, 6.45) is 2.69. The molecule has 0 unspecified atom stereocenters. The Kier molecular flexibility index (Phi) is 7.10. The highest BCUT2D eigenvalue weighted by atomic mass is 16.2. The lowest BCUT2D eigenvalue weighted by molar-refractivity contribution is -0.132. The third kappa shape index (κ3) is 5.88. The van der Waals surface area contributed by atoms with Crippen LogP contribution in [0, 0.1) is 13.8 Å². The molecule has 2 aromatic rings. The molecule has 2 aromatic carbocycles. The van der Waals surface area contributed by atoms with Crippen molar-refractivity contribution in [3.8, 4) is 0 Å².